The number of rotatable bonds is 4. The zero-order valence-corrected chi connectivity index (χ0v) is 12.2. The molecule has 0 saturated heterocycles. The minimum absolute atomic E-state index is 0.297. The monoisotopic (exact) mass is 297 g/mol. The summed E-state index contributed by atoms with van der Waals surface area (Å²) in [6, 6.07) is 3.76. The van der Waals surface area contributed by atoms with Crippen molar-refractivity contribution in [1.29, 1.82) is 0 Å². The molecule has 1 aliphatic rings. The fourth-order valence-corrected chi connectivity index (χ4v) is 3.74. The van der Waals surface area contributed by atoms with Crippen molar-refractivity contribution in [2.45, 2.75) is 19.4 Å². The highest BCUT2D eigenvalue weighted by Gasteiger charge is 2.41. The Labute approximate surface area is 121 Å². The van der Waals surface area contributed by atoms with Crippen LogP contribution in [0, 0.1) is 5.41 Å². The van der Waals surface area contributed by atoms with E-state index in [9.17, 15) is 4.79 Å². The van der Waals surface area contributed by atoms with E-state index in [2.05, 4.69) is 11.4 Å². The maximum atomic E-state index is 11.0. The lowest BCUT2D eigenvalue weighted by Crippen LogP contribution is -2.50. The topological polar surface area (TPSA) is 49.3 Å². The largest absolute Gasteiger partial charge is 0.465 e. The maximum Gasteiger partial charge on any atom is 0.405 e. The third kappa shape index (κ3) is 2.85. The first kappa shape index (κ1) is 14.2. The molecule has 19 heavy (non-hydrogen) atoms. The van der Waals surface area contributed by atoms with Gasteiger partial charge in [-0.2, -0.15) is 0 Å². The van der Waals surface area contributed by atoms with Gasteiger partial charge in [0.1, 0.15) is 0 Å². The Kier molecular flexibility index (Phi) is 4.32. The van der Waals surface area contributed by atoms with Crippen LogP contribution in [0.2, 0.25) is 0 Å². The number of halogens is 1. The minimum atomic E-state index is -1.02. The number of carboxylic acid groups (broad SMARTS) is 1. The number of hydrogen-bond acceptors (Lipinski definition) is 2. The lowest BCUT2D eigenvalue weighted by molar-refractivity contribution is 0.182. The van der Waals surface area contributed by atoms with Gasteiger partial charge in [-0.05, 0) is 24.8 Å². The first-order valence-electron chi connectivity index (χ1n) is 6.02. The molecule has 0 saturated carbocycles. The number of nitrogens with one attached hydrogen (secondary N) is 1. The third-order valence-electron chi connectivity index (χ3n) is 3.62. The van der Waals surface area contributed by atoms with Crippen molar-refractivity contribution in [1.82, 2.24) is 5.32 Å². The summed E-state index contributed by atoms with van der Waals surface area (Å²) in [6.07, 6.45) is 5.48. The first-order valence-corrected chi connectivity index (χ1v) is 7.43. The van der Waals surface area contributed by atoms with Crippen LogP contribution >= 0.6 is 22.9 Å². The molecule has 0 fully saturated rings. The van der Waals surface area contributed by atoms with Crippen LogP contribution in [0.15, 0.2) is 41.3 Å². The lowest BCUT2D eigenvalue weighted by atomic mass is 9.70. The summed E-state index contributed by atoms with van der Waals surface area (Å²) < 4.78 is 0. The fourth-order valence-electron chi connectivity index (χ4n) is 2.43. The standard InChI is InChI=1S/C14H16ClNO2S/c1-10-4-2-6-12(16-13(17)18)14(10,9-15)8-11-5-3-7-19-11/h2-7,12,16H,8-9H2,1H3,(H,17,18). The molecule has 2 unspecified atom stereocenters. The Morgan fingerprint density at radius 3 is 3.00 bits per heavy atom. The second-order valence-corrected chi connectivity index (χ2v) is 6.01. The molecule has 1 aliphatic carbocycles. The normalized spacial score (nSPS) is 26.0. The molecule has 0 radical (unpaired) electrons. The molecule has 1 heterocycles. The molecule has 5 heteroatoms. The van der Waals surface area contributed by atoms with E-state index in [1.54, 1.807) is 11.3 Å². The quantitative estimate of drug-likeness (QED) is 0.833. The molecule has 3 nitrogen and oxygen atoms in total. The Morgan fingerprint density at radius 1 is 1.63 bits per heavy atom. The van der Waals surface area contributed by atoms with E-state index in [0.29, 0.717) is 5.88 Å². The summed E-state index contributed by atoms with van der Waals surface area (Å²) in [5.74, 6) is 0.377. The van der Waals surface area contributed by atoms with E-state index in [1.165, 1.54) is 4.88 Å². The third-order valence-corrected chi connectivity index (χ3v) is 4.97. The SMILES string of the molecule is CC1=CC=CC(NC(=O)O)C1(CCl)Cc1cccs1. The van der Waals surface area contributed by atoms with E-state index in [1.807, 2.05) is 36.6 Å². The molecule has 2 rings (SSSR count). The fraction of sp³-hybridized carbons (Fsp3) is 0.357. The minimum Gasteiger partial charge on any atom is -0.465 e. The maximum absolute atomic E-state index is 11.0. The van der Waals surface area contributed by atoms with Crippen molar-refractivity contribution in [3.8, 4) is 0 Å². The second-order valence-electron chi connectivity index (χ2n) is 4.71. The van der Waals surface area contributed by atoms with Gasteiger partial charge in [-0.3, -0.25) is 0 Å². The highest BCUT2D eigenvalue weighted by molar-refractivity contribution is 7.09. The van der Waals surface area contributed by atoms with Crippen molar-refractivity contribution in [3.63, 3.8) is 0 Å². The van der Waals surface area contributed by atoms with Crippen LogP contribution in [-0.2, 0) is 6.42 Å². The van der Waals surface area contributed by atoms with Crippen LogP contribution < -0.4 is 5.32 Å². The van der Waals surface area contributed by atoms with E-state index >= 15 is 0 Å². The molecule has 0 aliphatic heterocycles. The second kappa shape index (κ2) is 5.80. The first-order chi connectivity index (χ1) is 9.08. The van der Waals surface area contributed by atoms with Gasteiger partial charge in [0, 0.05) is 16.2 Å². The predicted molar refractivity (Wildman–Crippen MR) is 79.0 cm³/mol. The molecular formula is C14H16ClNO2S. The number of amides is 1. The number of allylic oxidation sites excluding steroid dienone is 2. The van der Waals surface area contributed by atoms with E-state index in [-0.39, 0.29) is 11.5 Å². The van der Waals surface area contributed by atoms with Gasteiger partial charge in [0.25, 0.3) is 0 Å². The number of carbonyl (C=O) groups is 1. The molecule has 2 atom stereocenters. The molecule has 1 aromatic heterocycles. The van der Waals surface area contributed by atoms with Crippen LogP contribution in [0.4, 0.5) is 4.79 Å². The molecule has 0 aromatic carbocycles. The molecule has 102 valence electrons. The summed E-state index contributed by atoms with van der Waals surface area (Å²) in [5.41, 5.74) is 0.719. The molecule has 2 N–H and O–H groups in total. The highest BCUT2D eigenvalue weighted by Crippen LogP contribution is 2.40. The summed E-state index contributed by atoms with van der Waals surface area (Å²) in [7, 11) is 0. The Balaban J connectivity index is 2.34. The zero-order valence-electron chi connectivity index (χ0n) is 10.6. The van der Waals surface area contributed by atoms with Crippen molar-refractivity contribution >= 4 is 29.0 Å². The van der Waals surface area contributed by atoms with Crippen LogP contribution in [0.5, 0.6) is 0 Å². The molecular weight excluding hydrogens is 282 g/mol. The summed E-state index contributed by atoms with van der Waals surface area (Å²) in [4.78, 5) is 12.2. The Morgan fingerprint density at radius 2 is 2.42 bits per heavy atom. The van der Waals surface area contributed by atoms with Gasteiger partial charge in [-0.25, -0.2) is 4.79 Å². The van der Waals surface area contributed by atoms with Gasteiger partial charge in [-0.1, -0.05) is 29.9 Å². The molecule has 0 bridgehead atoms. The number of alkyl halides is 1. The number of thiophene rings is 1. The van der Waals surface area contributed by atoms with E-state index < -0.39 is 6.09 Å². The van der Waals surface area contributed by atoms with Gasteiger partial charge in [0.05, 0.1) is 6.04 Å². The van der Waals surface area contributed by atoms with Gasteiger partial charge in [0.15, 0.2) is 0 Å². The van der Waals surface area contributed by atoms with Crippen LogP contribution in [0.25, 0.3) is 0 Å². The van der Waals surface area contributed by atoms with Crippen molar-refractivity contribution < 1.29 is 9.90 Å². The average Bonchev–Trinajstić information content (AvgIpc) is 2.86. The van der Waals surface area contributed by atoms with Gasteiger partial charge in [-0.15, -0.1) is 22.9 Å². The Bertz CT molecular complexity index is 510. The summed E-state index contributed by atoms with van der Waals surface area (Å²) in [6.45, 7) is 2.01. The predicted octanol–water partition coefficient (Wildman–Crippen LogP) is 3.67. The van der Waals surface area contributed by atoms with Crippen LogP contribution in [-0.4, -0.2) is 23.1 Å². The number of hydrogen-bond donors (Lipinski definition) is 2. The zero-order chi connectivity index (χ0) is 13.9. The van der Waals surface area contributed by atoms with Crippen LogP contribution in [0.3, 0.4) is 0 Å². The van der Waals surface area contributed by atoms with Gasteiger partial charge < -0.3 is 10.4 Å². The average molecular weight is 298 g/mol. The van der Waals surface area contributed by atoms with E-state index in [4.69, 9.17) is 16.7 Å². The van der Waals surface area contributed by atoms with E-state index in [0.717, 1.165) is 12.0 Å². The van der Waals surface area contributed by atoms with Gasteiger partial charge in [0.2, 0.25) is 0 Å². The summed E-state index contributed by atoms with van der Waals surface area (Å²) >= 11 is 7.89. The molecule has 1 aromatic rings. The highest BCUT2D eigenvalue weighted by atomic mass is 35.5. The smallest absolute Gasteiger partial charge is 0.405 e. The van der Waals surface area contributed by atoms with Gasteiger partial charge >= 0.3 is 6.09 Å². The van der Waals surface area contributed by atoms with Crippen molar-refractivity contribution in [2.24, 2.45) is 5.41 Å². The Hall–Kier alpha value is -1.26. The van der Waals surface area contributed by atoms with Crippen molar-refractivity contribution in [3.05, 3.63) is 46.2 Å². The van der Waals surface area contributed by atoms with Crippen molar-refractivity contribution in [2.75, 3.05) is 5.88 Å². The van der Waals surface area contributed by atoms with Crippen LogP contribution in [0.1, 0.15) is 11.8 Å². The lowest BCUT2D eigenvalue weighted by Gasteiger charge is -2.40. The molecule has 0 spiro atoms. The molecule has 1 amide bonds. The summed E-state index contributed by atoms with van der Waals surface area (Å²) in [5, 5.41) is 13.6.